The summed E-state index contributed by atoms with van der Waals surface area (Å²) < 4.78 is 18.7. The largest absolute Gasteiger partial charge is 0.381 e. The van der Waals surface area contributed by atoms with Crippen molar-refractivity contribution in [3.8, 4) is 0 Å². The van der Waals surface area contributed by atoms with E-state index in [1.165, 1.54) is 6.07 Å². The third kappa shape index (κ3) is 2.84. The summed E-state index contributed by atoms with van der Waals surface area (Å²) in [4.78, 5) is 11.9. The molecule has 1 atom stereocenters. The minimum absolute atomic E-state index is 0.0656. The Labute approximate surface area is 107 Å². The summed E-state index contributed by atoms with van der Waals surface area (Å²) in [7, 11) is 0. The minimum Gasteiger partial charge on any atom is -0.381 e. The first-order chi connectivity index (χ1) is 8.08. The van der Waals surface area contributed by atoms with Crippen molar-refractivity contribution in [1.29, 1.82) is 0 Å². The van der Waals surface area contributed by atoms with E-state index in [2.05, 4.69) is 21.2 Å². The van der Waals surface area contributed by atoms with Gasteiger partial charge >= 0.3 is 0 Å². The van der Waals surface area contributed by atoms with Crippen molar-refractivity contribution < 1.29 is 13.9 Å². The lowest BCUT2D eigenvalue weighted by molar-refractivity contribution is -0.119. The summed E-state index contributed by atoms with van der Waals surface area (Å²) in [5.41, 5.74) is 1.34. The topological polar surface area (TPSA) is 38.3 Å². The lowest BCUT2D eigenvalue weighted by atomic mass is 10.1. The van der Waals surface area contributed by atoms with Crippen molar-refractivity contribution in [2.75, 3.05) is 18.5 Å². The maximum Gasteiger partial charge on any atom is 0.229 e. The number of aryl methyl sites for hydroxylation is 1. The van der Waals surface area contributed by atoms with E-state index in [0.717, 1.165) is 6.42 Å². The third-order valence-electron chi connectivity index (χ3n) is 2.83. The average molecular weight is 302 g/mol. The van der Waals surface area contributed by atoms with Crippen LogP contribution in [0.2, 0.25) is 0 Å². The zero-order chi connectivity index (χ0) is 12.4. The molecule has 1 saturated heterocycles. The molecule has 0 unspecified atom stereocenters. The Morgan fingerprint density at radius 3 is 3.00 bits per heavy atom. The van der Waals surface area contributed by atoms with Crippen molar-refractivity contribution in [2.45, 2.75) is 13.3 Å². The zero-order valence-corrected chi connectivity index (χ0v) is 11.0. The highest BCUT2D eigenvalue weighted by atomic mass is 79.9. The molecule has 2 rings (SSSR count). The first-order valence-electron chi connectivity index (χ1n) is 5.42. The molecular formula is C12H13BrFNO2. The van der Waals surface area contributed by atoms with Crippen LogP contribution in [0.4, 0.5) is 10.1 Å². The molecule has 0 spiro atoms. The number of carbonyl (C=O) groups excluding carboxylic acids is 1. The van der Waals surface area contributed by atoms with Crippen LogP contribution in [-0.2, 0) is 9.53 Å². The lowest BCUT2D eigenvalue weighted by Gasteiger charge is -2.12. The maximum absolute atomic E-state index is 13.2. The predicted molar refractivity (Wildman–Crippen MR) is 66.4 cm³/mol. The lowest BCUT2D eigenvalue weighted by Crippen LogP contribution is -2.23. The SMILES string of the molecule is Cc1cc(F)c(Br)cc1NC(=O)[C@@H]1CCOC1. The van der Waals surface area contributed by atoms with Gasteiger partial charge in [0, 0.05) is 12.3 Å². The molecule has 92 valence electrons. The summed E-state index contributed by atoms with van der Waals surface area (Å²) >= 11 is 3.10. The molecule has 0 aliphatic carbocycles. The van der Waals surface area contributed by atoms with Gasteiger partial charge in [-0.25, -0.2) is 4.39 Å². The highest BCUT2D eigenvalue weighted by molar-refractivity contribution is 9.10. The average Bonchev–Trinajstić information content (AvgIpc) is 2.79. The van der Waals surface area contributed by atoms with Gasteiger partial charge in [-0.05, 0) is 47.0 Å². The second-order valence-corrected chi connectivity index (χ2v) is 4.99. The fraction of sp³-hybridized carbons (Fsp3) is 0.417. The van der Waals surface area contributed by atoms with Crippen LogP contribution in [0.25, 0.3) is 0 Å². The number of halogens is 2. The number of nitrogens with one attached hydrogen (secondary N) is 1. The summed E-state index contributed by atoms with van der Waals surface area (Å²) in [6, 6.07) is 2.98. The van der Waals surface area contributed by atoms with E-state index >= 15 is 0 Å². The third-order valence-corrected chi connectivity index (χ3v) is 3.43. The van der Waals surface area contributed by atoms with Crippen LogP contribution in [0.5, 0.6) is 0 Å². The number of hydrogen-bond acceptors (Lipinski definition) is 2. The molecule has 1 heterocycles. The van der Waals surface area contributed by atoms with Crippen LogP contribution < -0.4 is 5.32 Å². The second kappa shape index (κ2) is 5.14. The molecule has 5 heteroatoms. The van der Waals surface area contributed by atoms with Gasteiger partial charge in [0.25, 0.3) is 0 Å². The van der Waals surface area contributed by atoms with Gasteiger partial charge in [-0.2, -0.15) is 0 Å². The van der Waals surface area contributed by atoms with E-state index in [1.807, 2.05) is 0 Å². The zero-order valence-electron chi connectivity index (χ0n) is 9.43. The van der Waals surface area contributed by atoms with Gasteiger partial charge in [0.1, 0.15) is 5.82 Å². The van der Waals surface area contributed by atoms with Gasteiger partial charge in [-0.15, -0.1) is 0 Å². The molecule has 1 aliphatic rings. The van der Waals surface area contributed by atoms with Crippen LogP contribution in [0.1, 0.15) is 12.0 Å². The number of anilines is 1. The monoisotopic (exact) mass is 301 g/mol. The van der Waals surface area contributed by atoms with Gasteiger partial charge in [-0.3, -0.25) is 4.79 Å². The standard InChI is InChI=1S/C12H13BrFNO2/c1-7-4-10(14)9(13)5-11(7)15-12(16)8-2-3-17-6-8/h4-5,8H,2-3,6H2,1H3,(H,15,16)/t8-/m1/s1. The highest BCUT2D eigenvalue weighted by Crippen LogP contribution is 2.25. The fourth-order valence-electron chi connectivity index (χ4n) is 1.76. The maximum atomic E-state index is 13.2. The molecule has 17 heavy (non-hydrogen) atoms. The number of rotatable bonds is 2. The van der Waals surface area contributed by atoms with Crippen LogP contribution in [0.15, 0.2) is 16.6 Å². The molecule has 0 aromatic heterocycles. The number of benzene rings is 1. The highest BCUT2D eigenvalue weighted by Gasteiger charge is 2.24. The first kappa shape index (κ1) is 12.5. The fourth-order valence-corrected chi connectivity index (χ4v) is 2.10. The predicted octanol–water partition coefficient (Wildman–Crippen LogP) is 2.87. The van der Waals surface area contributed by atoms with E-state index in [1.54, 1.807) is 13.0 Å². The number of carbonyl (C=O) groups is 1. The summed E-state index contributed by atoms with van der Waals surface area (Å²) in [5, 5.41) is 2.80. The first-order valence-corrected chi connectivity index (χ1v) is 6.21. The van der Waals surface area contributed by atoms with E-state index < -0.39 is 0 Å². The molecule has 0 saturated carbocycles. The van der Waals surface area contributed by atoms with Gasteiger partial charge in [0.05, 0.1) is 17.0 Å². The molecule has 1 aromatic carbocycles. The van der Waals surface area contributed by atoms with E-state index in [4.69, 9.17) is 4.74 Å². The Morgan fingerprint density at radius 1 is 1.59 bits per heavy atom. The van der Waals surface area contributed by atoms with Crippen molar-refractivity contribution >= 4 is 27.5 Å². The second-order valence-electron chi connectivity index (χ2n) is 4.13. The Hall–Kier alpha value is -0.940. The van der Waals surface area contributed by atoms with E-state index in [0.29, 0.717) is 28.9 Å². The van der Waals surface area contributed by atoms with Gasteiger partial charge in [0.15, 0.2) is 0 Å². The molecule has 1 amide bonds. The van der Waals surface area contributed by atoms with Crippen molar-refractivity contribution in [1.82, 2.24) is 0 Å². The Morgan fingerprint density at radius 2 is 2.35 bits per heavy atom. The Kier molecular flexibility index (Phi) is 3.79. The molecule has 0 radical (unpaired) electrons. The summed E-state index contributed by atoms with van der Waals surface area (Å²) in [6.45, 7) is 2.85. The van der Waals surface area contributed by atoms with E-state index in [-0.39, 0.29) is 17.6 Å². The van der Waals surface area contributed by atoms with Gasteiger partial charge in [-0.1, -0.05) is 0 Å². The number of amides is 1. The van der Waals surface area contributed by atoms with Gasteiger partial charge < -0.3 is 10.1 Å². The molecule has 0 bridgehead atoms. The van der Waals surface area contributed by atoms with Crippen LogP contribution in [0.3, 0.4) is 0 Å². The molecule has 1 aromatic rings. The van der Waals surface area contributed by atoms with Crippen molar-refractivity contribution in [2.24, 2.45) is 5.92 Å². The van der Waals surface area contributed by atoms with Crippen molar-refractivity contribution in [3.05, 3.63) is 28.0 Å². The molecule has 1 N–H and O–H groups in total. The minimum atomic E-state index is -0.329. The molecule has 3 nitrogen and oxygen atoms in total. The Bertz CT molecular complexity index is 444. The normalized spacial score (nSPS) is 19.4. The summed E-state index contributed by atoms with van der Waals surface area (Å²) in [5.74, 6) is -0.493. The summed E-state index contributed by atoms with van der Waals surface area (Å²) in [6.07, 6.45) is 0.743. The Balaban J connectivity index is 2.12. The molecule has 1 aliphatic heterocycles. The number of ether oxygens (including phenoxy) is 1. The smallest absolute Gasteiger partial charge is 0.229 e. The quantitative estimate of drug-likeness (QED) is 0.912. The van der Waals surface area contributed by atoms with Crippen molar-refractivity contribution in [3.63, 3.8) is 0 Å². The van der Waals surface area contributed by atoms with Crippen LogP contribution >= 0.6 is 15.9 Å². The molecule has 1 fully saturated rings. The van der Waals surface area contributed by atoms with Crippen LogP contribution in [0, 0.1) is 18.7 Å². The number of hydrogen-bond donors (Lipinski definition) is 1. The van der Waals surface area contributed by atoms with Gasteiger partial charge in [0.2, 0.25) is 5.91 Å². The van der Waals surface area contributed by atoms with E-state index in [9.17, 15) is 9.18 Å². The van der Waals surface area contributed by atoms with Crippen LogP contribution in [-0.4, -0.2) is 19.1 Å². The molecular weight excluding hydrogens is 289 g/mol.